The molecule has 9 nitrogen and oxygen atoms in total. The molecule has 0 bridgehead atoms. The van der Waals surface area contributed by atoms with Crippen molar-refractivity contribution in [3.05, 3.63) is 72.6 Å². The number of benzene rings is 2. The number of H-pyrrole nitrogens is 2. The Kier molecular flexibility index (Phi) is 15.3. The molecule has 5 rings (SSSR count). The molecule has 1 fully saturated rings. The van der Waals surface area contributed by atoms with Crippen LogP contribution in [0.3, 0.4) is 0 Å². The van der Waals surface area contributed by atoms with Gasteiger partial charge in [-0.05, 0) is 53.4 Å². The fourth-order valence-corrected chi connectivity index (χ4v) is 5.94. The smallest absolute Gasteiger partial charge is 0.240 e. The number of nitrogens with one attached hydrogen (secondary N) is 2. The summed E-state index contributed by atoms with van der Waals surface area (Å²) in [6.45, 7) is 20.1. The van der Waals surface area contributed by atoms with E-state index in [4.69, 9.17) is 5.73 Å². The van der Waals surface area contributed by atoms with E-state index >= 15 is 0 Å². The van der Waals surface area contributed by atoms with Gasteiger partial charge in [0.05, 0.1) is 42.4 Å². The van der Waals surface area contributed by atoms with Crippen molar-refractivity contribution in [2.75, 3.05) is 13.1 Å². The lowest BCUT2D eigenvalue weighted by molar-refractivity contribution is -0.134. The van der Waals surface area contributed by atoms with Crippen LogP contribution >= 0.6 is 0 Å². The number of carbonyl (C=O) groups is 2. The van der Waals surface area contributed by atoms with Crippen molar-refractivity contribution >= 4 is 11.8 Å². The van der Waals surface area contributed by atoms with Crippen LogP contribution < -0.4 is 5.73 Å². The normalized spacial score (nSPS) is 14.6. The van der Waals surface area contributed by atoms with E-state index in [1.165, 1.54) is 0 Å². The van der Waals surface area contributed by atoms with Crippen LogP contribution in [0.2, 0.25) is 0 Å². The molecule has 2 unspecified atom stereocenters. The summed E-state index contributed by atoms with van der Waals surface area (Å²) in [4.78, 5) is 45.6. The summed E-state index contributed by atoms with van der Waals surface area (Å²) in [5, 5.41) is 0. The monoisotopic (exact) mass is 669 g/mol. The molecule has 2 aromatic heterocycles. The van der Waals surface area contributed by atoms with Crippen LogP contribution in [0.5, 0.6) is 0 Å². The fourth-order valence-electron chi connectivity index (χ4n) is 5.94. The molecular formula is C40H59N7O2. The van der Waals surface area contributed by atoms with Gasteiger partial charge in [-0.3, -0.25) is 9.59 Å². The Hall–Kier alpha value is -4.24. The molecule has 0 saturated carbocycles. The second-order valence-electron chi connectivity index (χ2n) is 13.0. The molecule has 0 radical (unpaired) electrons. The molecule has 4 N–H and O–H groups in total. The van der Waals surface area contributed by atoms with Crippen LogP contribution in [0.4, 0.5) is 0 Å². The third-order valence-electron chi connectivity index (χ3n) is 8.57. The first-order valence-corrected chi connectivity index (χ1v) is 18.3. The summed E-state index contributed by atoms with van der Waals surface area (Å²) in [6, 6.07) is 16.3. The summed E-state index contributed by atoms with van der Waals surface area (Å²) < 4.78 is 0. The predicted octanol–water partition coefficient (Wildman–Crippen LogP) is 8.62. The number of aromatic nitrogens is 4. The molecule has 3 heterocycles. The molecule has 4 aromatic rings. The van der Waals surface area contributed by atoms with Crippen molar-refractivity contribution in [1.29, 1.82) is 0 Å². The first-order chi connectivity index (χ1) is 23.6. The van der Waals surface area contributed by atoms with Gasteiger partial charge < -0.3 is 25.5 Å². The highest BCUT2D eigenvalue weighted by molar-refractivity contribution is 5.82. The topological polar surface area (TPSA) is 124 Å². The average Bonchev–Trinajstić information content (AvgIpc) is 3.91. The number of aromatic amines is 2. The first-order valence-electron chi connectivity index (χ1n) is 18.3. The molecule has 2 atom stereocenters. The van der Waals surface area contributed by atoms with Crippen molar-refractivity contribution in [1.82, 2.24) is 29.7 Å². The lowest BCUT2D eigenvalue weighted by Gasteiger charge is -2.27. The summed E-state index contributed by atoms with van der Waals surface area (Å²) in [5.41, 5.74) is 12.4. The van der Waals surface area contributed by atoms with Crippen LogP contribution in [0.25, 0.3) is 33.6 Å². The average molecular weight is 670 g/mol. The van der Waals surface area contributed by atoms with Gasteiger partial charge in [0.25, 0.3) is 0 Å². The van der Waals surface area contributed by atoms with Crippen molar-refractivity contribution < 1.29 is 9.59 Å². The molecule has 1 saturated heterocycles. The second kappa shape index (κ2) is 19.1. The maximum absolute atomic E-state index is 13.0. The number of hydrogen-bond acceptors (Lipinski definition) is 5. The Bertz CT molecular complexity index is 1570. The summed E-state index contributed by atoms with van der Waals surface area (Å²) >= 11 is 0. The largest absolute Gasteiger partial charge is 0.341 e. The van der Waals surface area contributed by atoms with E-state index in [1.807, 2.05) is 63.7 Å². The second-order valence-corrected chi connectivity index (χ2v) is 13.0. The first kappa shape index (κ1) is 39.2. The quantitative estimate of drug-likeness (QED) is 0.139. The molecule has 1 aliphatic rings. The summed E-state index contributed by atoms with van der Waals surface area (Å²) in [6.07, 6.45) is 6.99. The Morgan fingerprint density at radius 2 is 1.39 bits per heavy atom. The Labute approximate surface area is 294 Å². The molecule has 2 amide bonds. The number of carbonyl (C=O) groups excluding carboxylic acids is 2. The lowest BCUT2D eigenvalue weighted by Crippen LogP contribution is -2.46. The SMILES string of the molecule is CC.CC.CCCN(Cc1ncc(-c2ccc(-c3ccc(-c4cnc(C5CCCN5C(=O)C(N)C(C)C)[nH]4)cc3)cc2)[nH]1)C(=O)CC(C)C. The maximum atomic E-state index is 13.0. The molecule has 0 spiro atoms. The molecule has 1 aliphatic heterocycles. The third kappa shape index (κ3) is 10.1. The van der Waals surface area contributed by atoms with E-state index in [1.54, 1.807) is 0 Å². The third-order valence-corrected chi connectivity index (χ3v) is 8.57. The maximum Gasteiger partial charge on any atom is 0.240 e. The zero-order chi connectivity index (χ0) is 36.1. The van der Waals surface area contributed by atoms with Crippen molar-refractivity contribution in [2.45, 2.75) is 107 Å². The van der Waals surface area contributed by atoms with E-state index in [-0.39, 0.29) is 23.8 Å². The van der Waals surface area contributed by atoms with Crippen LogP contribution in [0.15, 0.2) is 60.9 Å². The summed E-state index contributed by atoms with van der Waals surface area (Å²) in [7, 11) is 0. The minimum Gasteiger partial charge on any atom is -0.341 e. The van der Waals surface area contributed by atoms with Gasteiger partial charge in [-0.15, -0.1) is 0 Å². The molecule has 266 valence electrons. The van der Waals surface area contributed by atoms with Crippen molar-refractivity contribution in [3.63, 3.8) is 0 Å². The van der Waals surface area contributed by atoms with Gasteiger partial charge in [0.1, 0.15) is 11.6 Å². The predicted molar refractivity (Wildman–Crippen MR) is 201 cm³/mol. The lowest BCUT2D eigenvalue weighted by atomic mass is 10.0. The molecule has 49 heavy (non-hydrogen) atoms. The van der Waals surface area contributed by atoms with Crippen molar-refractivity contribution in [3.8, 4) is 33.6 Å². The minimum absolute atomic E-state index is 0.000925. The number of imidazole rings is 2. The Morgan fingerprint density at radius 3 is 1.92 bits per heavy atom. The molecule has 9 heteroatoms. The van der Waals surface area contributed by atoms with E-state index in [2.05, 4.69) is 89.2 Å². The highest BCUT2D eigenvalue weighted by atomic mass is 16.2. The van der Waals surface area contributed by atoms with Crippen LogP contribution in [-0.2, 0) is 16.1 Å². The number of amides is 2. The fraction of sp³-hybridized carbons (Fsp3) is 0.500. The van der Waals surface area contributed by atoms with Gasteiger partial charge >= 0.3 is 0 Å². The van der Waals surface area contributed by atoms with Crippen LogP contribution in [0, 0.1) is 11.8 Å². The number of nitrogens with zero attached hydrogens (tertiary/aromatic N) is 4. The van der Waals surface area contributed by atoms with Gasteiger partial charge in [-0.2, -0.15) is 0 Å². The standard InChI is InChI=1S/C36H47N7O2.2C2H6/c1-6-17-42(33(44)19-23(2)3)22-32-38-20-29(40-32)27-13-9-25(10-14-27)26-11-15-28(16-12-26)30-21-39-35(41-30)31-8-7-18-43(31)36(45)34(37)24(4)5;2*1-2/h9-16,20-21,23-24,31,34H,6-8,17-19,22,37H2,1-5H3,(H,38,40)(H,39,41);2*1-2H3. The number of likely N-dealkylation sites (tertiary alicyclic amines) is 1. The van der Waals surface area contributed by atoms with Gasteiger partial charge in [-0.25, -0.2) is 9.97 Å². The van der Waals surface area contributed by atoms with Gasteiger partial charge in [0.2, 0.25) is 11.8 Å². The van der Waals surface area contributed by atoms with Crippen molar-refractivity contribution in [2.24, 2.45) is 17.6 Å². The Morgan fingerprint density at radius 1 is 0.857 bits per heavy atom. The van der Waals surface area contributed by atoms with Crippen LogP contribution in [0.1, 0.15) is 106 Å². The van der Waals surface area contributed by atoms with E-state index < -0.39 is 6.04 Å². The Balaban J connectivity index is 0.00000157. The van der Waals surface area contributed by atoms with Gasteiger partial charge in [0.15, 0.2) is 0 Å². The van der Waals surface area contributed by atoms with E-state index in [0.29, 0.717) is 25.4 Å². The van der Waals surface area contributed by atoms with Gasteiger partial charge in [-0.1, -0.05) is 111 Å². The van der Waals surface area contributed by atoms with E-state index in [0.717, 1.165) is 71.1 Å². The highest BCUT2D eigenvalue weighted by Crippen LogP contribution is 2.33. The summed E-state index contributed by atoms with van der Waals surface area (Å²) in [5.74, 6) is 2.21. The molecular weight excluding hydrogens is 610 g/mol. The minimum atomic E-state index is -0.494. The zero-order valence-corrected chi connectivity index (χ0v) is 31.2. The van der Waals surface area contributed by atoms with E-state index in [9.17, 15) is 9.59 Å². The zero-order valence-electron chi connectivity index (χ0n) is 31.2. The van der Waals surface area contributed by atoms with Crippen LogP contribution in [-0.4, -0.2) is 60.7 Å². The number of nitrogens with two attached hydrogens (primary N) is 1. The molecule has 2 aromatic carbocycles. The highest BCUT2D eigenvalue weighted by Gasteiger charge is 2.35. The number of rotatable bonds is 12. The molecule has 0 aliphatic carbocycles. The number of hydrogen-bond donors (Lipinski definition) is 3. The van der Waals surface area contributed by atoms with Gasteiger partial charge in [0, 0.05) is 19.5 Å².